The van der Waals surface area contributed by atoms with E-state index in [1.165, 1.54) is 11.8 Å². The maximum atomic E-state index is 5.96. The summed E-state index contributed by atoms with van der Waals surface area (Å²) in [5.41, 5.74) is 2.49. The van der Waals surface area contributed by atoms with E-state index in [1.54, 1.807) is 0 Å². The standard InChI is InChI=1S/C13H13Cl2N3/c1-2-9-3-5-10(6-4-9)7-16-12-11(14)8-17-13(15)18-12/h3-6,8H,2,7H2,1H3,(H,16,17,18). The van der Waals surface area contributed by atoms with Gasteiger partial charge in [-0.1, -0.05) is 42.8 Å². The third-order valence-corrected chi connectivity index (χ3v) is 3.06. The highest BCUT2D eigenvalue weighted by Crippen LogP contribution is 2.20. The van der Waals surface area contributed by atoms with Gasteiger partial charge in [0.15, 0.2) is 0 Å². The molecule has 0 atom stereocenters. The van der Waals surface area contributed by atoms with Crippen molar-refractivity contribution in [2.24, 2.45) is 0 Å². The highest BCUT2D eigenvalue weighted by molar-refractivity contribution is 6.33. The lowest BCUT2D eigenvalue weighted by molar-refractivity contribution is 1.07. The Kier molecular flexibility index (Phi) is 4.39. The van der Waals surface area contributed by atoms with Crippen molar-refractivity contribution in [2.75, 3.05) is 5.32 Å². The number of anilines is 1. The minimum atomic E-state index is 0.184. The summed E-state index contributed by atoms with van der Waals surface area (Å²) in [7, 11) is 0. The summed E-state index contributed by atoms with van der Waals surface area (Å²) in [4.78, 5) is 7.83. The summed E-state index contributed by atoms with van der Waals surface area (Å²) in [6, 6.07) is 8.40. The molecule has 0 aliphatic carbocycles. The van der Waals surface area contributed by atoms with Gasteiger partial charge in [0.1, 0.15) is 10.8 Å². The second-order valence-electron chi connectivity index (χ2n) is 3.86. The molecule has 0 fully saturated rings. The van der Waals surface area contributed by atoms with Crippen molar-refractivity contribution >= 4 is 29.0 Å². The van der Waals surface area contributed by atoms with Gasteiger partial charge in [0.25, 0.3) is 0 Å². The Morgan fingerprint density at radius 1 is 1.11 bits per heavy atom. The van der Waals surface area contributed by atoms with E-state index in [4.69, 9.17) is 23.2 Å². The first-order chi connectivity index (χ1) is 8.69. The van der Waals surface area contributed by atoms with Crippen molar-refractivity contribution in [2.45, 2.75) is 19.9 Å². The Hall–Kier alpha value is -1.32. The van der Waals surface area contributed by atoms with Crippen LogP contribution in [-0.4, -0.2) is 9.97 Å². The van der Waals surface area contributed by atoms with E-state index in [0.29, 0.717) is 17.4 Å². The number of benzene rings is 1. The molecule has 18 heavy (non-hydrogen) atoms. The number of halogens is 2. The highest BCUT2D eigenvalue weighted by atomic mass is 35.5. The second kappa shape index (κ2) is 6.03. The summed E-state index contributed by atoms with van der Waals surface area (Å²) in [5, 5.41) is 3.79. The third kappa shape index (κ3) is 3.34. The van der Waals surface area contributed by atoms with Crippen LogP contribution in [0.1, 0.15) is 18.1 Å². The SMILES string of the molecule is CCc1ccc(CNc2nc(Cl)ncc2Cl)cc1. The first-order valence-corrected chi connectivity index (χ1v) is 6.44. The van der Waals surface area contributed by atoms with Gasteiger partial charge in [-0.15, -0.1) is 0 Å². The quantitative estimate of drug-likeness (QED) is 0.862. The van der Waals surface area contributed by atoms with Crippen LogP contribution in [0.5, 0.6) is 0 Å². The molecular weight excluding hydrogens is 269 g/mol. The number of nitrogens with one attached hydrogen (secondary N) is 1. The summed E-state index contributed by atoms with van der Waals surface area (Å²) >= 11 is 11.7. The molecule has 0 bridgehead atoms. The molecule has 1 aromatic heterocycles. The molecule has 1 N–H and O–H groups in total. The van der Waals surface area contributed by atoms with E-state index in [1.807, 2.05) is 0 Å². The smallest absolute Gasteiger partial charge is 0.224 e. The van der Waals surface area contributed by atoms with Gasteiger partial charge < -0.3 is 5.32 Å². The average molecular weight is 282 g/mol. The van der Waals surface area contributed by atoms with Gasteiger partial charge in [0.05, 0.1) is 6.20 Å². The van der Waals surface area contributed by atoms with Crippen molar-refractivity contribution in [3.63, 3.8) is 0 Å². The molecule has 0 radical (unpaired) electrons. The van der Waals surface area contributed by atoms with Crippen LogP contribution in [-0.2, 0) is 13.0 Å². The van der Waals surface area contributed by atoms with Crippen LogP contribution >= 0.6 is 23.2 Å². The molecular formula is C13H13Cl2N3. The van der Waals surface area contributed by atoms with Crippen LogP contribution in [0.4, 0.5) is 5.82 Å². The second-order valence-corrected chi connectivity index (χ2v) is 4.60. The van der Waals surface area contributed by atoms with Gasteiger partial charge in [0.2, 0.25) is 5.28 Å². The Morgan fingerprint density at radius 3 is 2.44 bits per heavy atom. The fourth-order valence-corrected chi connectivity index (χ4v) is 1.84. The van der Waals surface area contributed by atoms with E-state index >= 15 is 0 Å². The van der Waals surface area contributed by atoms with Crippen LogP contribution < -0.4 is 5.32 Å². The molecule has 1 heterocycles. The maximum Gasteiger partial charge on any atom is 0.224 e. The van der Waals surface area contributed by atoms with Gasteiger partial charge in [-0.25, -0.2) is 4.98 Å². The summed E-state index contributed by atoms with van der Waals surface area (Å²) in [5.74, 6) is 0.552. The minimum Gasteiger partial charge on any atom is -0.365 e. The third-order valence-electron chi connectivity index (χ3n) is 2.61. The number of hydrogen-bond donors (Lipinski definition) is 1. The van der Waals surface area contributed by atoms with Gasteiger partial charge in [-0.2, -0.15) is 4.98 Å². The fourth-order valence-electron chi connectivity index (χ4n) is 1.55. The first-order valence-electron chi connectivity index (χ1n) is 5.68. The topological polar surface area (TPSA) is 37.8 Å². The number of aryl methyl sites for hydroxylation is 1. The molecule has 0 spiro atoms. The minimum absolute atomic E-state index is 0.184. The lowest BCUT2D eigenvalue weighted by atomic mass is 10.1. The lowest BCUT2D eigenvalue weighted by Crippen LogP contribution is -2.02. The number of aromatic nitrogens is 2. The monoisotopic (exact) mass is 281 g/mol. The van der Waals surface area contributed by atoms with Crippen molar-refractivity contribution < 1.29 is 0 Å². The van der Waals surface area contributed by atoms with E-state index in [0.717, 1.165) is 12.0 Å². The van der Waals surface area contributed by atoms with Crippen molar-refractivity contribution in [3.8, 4) is 0 Å². The van der Waals surface area contributed by atoms with Crippen LogP contribution in [0, 0.1) is 0 Å². The predicted octanol–water partition coefficient (Wildman–Crippen LogP) is 3.96. The molecule has 2 aromatic rings. The zero-order valence-corrected chi connectivity index (χ0v) is 11.5. The molecule has 5 heteroatoms. The fraction of sp³-hybridized carbons (Fsp3) is 0.231. The summed E-state index contributed by atoms with van der Waals surface area (Å²) in [6.45, 7) is 2.78. The number of rotatable bonds is 4. The molecule has 0 unspecified atom stereocenters. The van der Waals surface area contributed by atoms with Crippen molar-refractivity contribution in [3.05, 3.63) is 51.9 Å². The maximum absolute atomic E-state index is 5.96. The molecule has 0 saturated heterocycles. The molecule has 0 aliphatic rings. The van der Waals surface area contributed by atoms with Gasteiger partial charge in [-0.3, -0.25) is 0 Å². The highest BCUT2D eigenvalue weighted by Gasteiger charge is 2.03. The Bertz CT molecular complexity index is 526. The first kappa shape index (κ1) is 13.1. The zero-order chi connectivity index (χ0) is 13.0. The molecule has 1 aromatic carbocycles. The van der Waals surface area contributed by atoms with Crippen LogP contribution in [0.3, 0.4) is 0 Å². The predicted molar refractivity (Wildman–Crippen MR) is 75.2 cm³/mol. The Labute approximate surface area is 116 Å². The molecule has 0 amide bonds. The zero-order valence-electron chi connectivity index (χ0n) is 9.95. The van der Waals surface area contributed by atoms with Crippen LogP contribution in [0.25, 0.3) is 0 Å². The molecule has 0 aliphatic heterocycles. The molecule has 94 valence electrons. The van der Waals surface area contributed by atoms with E-state index in [-0.39, 0.29) is 5.28 Å². The largest absolute Gasteiger partial charge is 0.365 e. The van der Waals surface area contributed by atoms with Gasteiger partial charge in [-0.05, 0) is 29.1 Å². The van der Waals surface area contributed by atoms with Crippen molar-refractivity contribution in [1.82, 2.24) is 9.97 Å². The summed E-state index contributed by atoms with van der Waals surface area (Å²) in [6.07, 6.45) is 2.53. The number of hydrogen-bond acceptors (Lipinski definition) is 3. The Morgan fingerprint density at radius 2 is 1.78 bits per heavy atom. The van der Waals surface area contributed by atoms with E-state index in [9.17, 15) is 0 Å². The summed E-state index contributed by atoms with van der Waals surface area (Å²) < 4.78 is 0. The van der Waals surface area contributed by atoms with Crippen LogP contribution in [0.15, 0.2) is 30.5 Å². The molecule has 2 rings (SSSR count). The van der Waals surface area contributed by atoms with E-state index < -0.39 is 0 Å². The van der Waals surface area contributed by atoms with Gasteiger partial charge >= 0.3 is 0 Å². The normalized spacial score (nSPS) is 10.4. The van der Waals surface area contributed by atoms with Crippen molar-refractivity contribution in [1.29, 1.82) is 0 Å². The van der Waals surface area contributed by atoms with Crippen LogP contribution in [0.2, 0.25) is 10.3 Å². The van der Waals surface area contributed by atoms with E-state index in [2.05, 4.69) is 46.5 Å². The average Bonchev–Trinajstić information content (AvgIpc) is 2.40. The Balaban J connectivity index is 2.04. The molecule has 0 saturated carbocycles. The number of nitrogens with zero attached hydrogens (tertiary/aromatic N) is 2. The molecule has 3 nitrogen and oxygen atoms in total. The lowest BCUT2D eigenvalue weighted by Gasteiger charge is -2.07. The van der Waals surface area contributed by atoms with Gasteiger partial charge in [0, 0.05) is 6.54 Å².